The fourth-order valence-electron chi connectivity index (χ4n) is 1.63. The number of carbonyl (C=O) groups is 1. The standard InChI is InChI=1S/C12H11BrF5NO3/c1-2-21-9(20)4-7-10(11(14)15)8(22-12(16,17)18)3-6(5-13)19-7/h3,11H,2,4-5H2,1H3. The first-order chi connectivity index (χ1) is 10.2. The molecule has 0 aromatic carbocycles. The lowest BCUT2D eigenvalue weighted by molar-refractivity contribution is -0.275. The minimum absolute atomic E-state index is 0.000556. The van der Waals surface area contributed by atoms with E-state index in [1.165, 1.54) is 6.92 Å². The Balaban J connectivity index is 3.33. The Labute approximate surface area is 130 Å². The molecule has 0 fully saturated rings. The largest absolute Gasteiger partial charge is 0.573 e. The van der Waals surface area contributed by atoms with Crippen LogP contribution in [0, 0.1) is 0 Å². The molecule has 0 amide bonds. The predicted octanol–water partition coefficient (Wildman–Crippen LogP) is 3.92. The number of alkyl halides is 6. The molecule has 0 saturated carbocycles. The molecule has 0 atom stereocenters. The van der Waals surface area contributed by atoms with Crippen molar-refractivity contribution in [1.82, 2.24) is 4.98 Å². The number of ether oxygens (including phenoxy) is 2. The summed E-state index contributed by atoms with van der Waals surface area (Å²) >= 11 is 2.96. The molecule has 22 heavy (non-hydrogen) atoms. The van der Waals surface area contributed by atoms with Gasteiger partial charge in [0.2, 0.25) is 0 Å². The average Bonchev–Trinajstić information content (AvgIpc) is 2.35. The first-order valence-electron chi connectivity index (χ1n) is 5.96. The molecule has 1 heterocycles. The number of hydrogen-bond donors (Lipinski definition) is 0. The molecule has 0 N–H and O–H groups in total. The highest BCUT2D eigenvalue weighted by molar-refractivity contribution is 9.08. The van der Waals surface area contributed by atoms with Gasteiger partial charge in [0.25, 0.3) is 6.43 Å². The minimum atomic E-state index is -5.14. The fraction of sp³-hybridized carbons (Fsp3) is 0.500. The number of rotatable bonds is 6. The number of aromatic nitrogens is 1. The molecule has 0 aliphatic carbocycles. The molecule has 10 heteroatoms. The van der Waals surface area contributed by atoms with Crippen molar-refractivity contribution in [2.45, 2.75) is 31.5 Å². The molecule has 0 radical (unpaired) electrons. The van der Waals surface area contributed by atoms with Crippen LogP contribution in [0.2, 0.25) is 0 Å². The first kappa shape index (κ1) is 18.6. The van der Waals surface area contributed by atoms with E-state index in [0.29, 0.717) is 0 Å². The van der Waals surface area contributed by atoms with Gasteiger partial charge in [0.15, 0.2) is 0 Å². The third-order valence-corrected chi connectivity index (χ3v) is 2.93. The van der Waals surface area contributed by atoms with Crippen LogP contribution in [0.3, 0.4) is 0 Å². The molecular formula is C12H11BrF5NO3. The summed E-state index contributed by atoms with van der Waals surface area (Å²) in [6.45, 7) is 1.51. The summed E-state index contributed by atoms with van der Waals surface area (Å²) in [6.07, 6.45) is -9.11. The van der Waals surface area contributed by atoms with Crippen molar-refractivity contribution < 1.29 is 36.2 Å². The minimum Gasteiger partial charge on any atom is -0.466 e. The van der Waals surface area contributed by atoms with Crippen molar-refractivity contribution in [2.24, 2.45) is 0 Å². The van der Waals surface area contributed by atoms with E-state index in [-0.39, 0.29) is 17.6 Å². The van der Waals surface area contributed by atoms with E-state index in [4.69, 9.17) is 0 Å². The maximum Gasteiger partial charge on any atom is 0.573 e. The van der Waals surface area contributed by atoms with Crippen LogP contribution in [0.5, 0.6) is 5.75 Å². The summed E-state index contributed by atoms with van der Waals surface area (Å²) in [7, 11) is 0. The second kappa shape index (κ2) is 7.70. The van der Waals surface area contributed by atoms with Gasteiger partial charge in [-0.05, 0) is 6.92 Å². The molecule has 0 aliphatic rings. The highest BCUT2D eigenvalue weighted by Gasteiger charge is 2.35. The SMILES string of the molecule is CCOC(=O)Cc1nc(CBr)cc(OC(F)(F)F)c1C(F)F. The van der Waals surface area contributed by atoms with Gasteiger partial charge < -0.3 is 9.47 Å². The Bertz CT molecular complexity index is 536. The number of nitrogens with zero attached hydrogens (tertiary/aromatic N) is 1. The molecule has 0 spiro atoms. The van der Waals surface area contributed by atoms with Crippen LogP contribution in [0.1, 0.15) is 30.3 Å². The van der Waals surface area contributed by atoms with Crippen molar-refractivity contribution in [1.29, 1.82) is 0 Å². The van der Waals surface area contributed by atoms with Gasteiger partial charge in [-0.1, -0.05) is 15.9 Å². The summed E-state index contributed by atoms with van der Waals surface area (Å²) in [6, 6.07) is 0.748. The van der Waals surface area contributed by atoms with E-state index < -0.39 is 42.2 Å². The van der Waals surface area contributed by atoms with Crippen LogP contribution >= 0.6 is 15.9 Å². The van der Waals surface area contributed by atoms with E-state index in [2.05, 4.69) is 30.4 Å². The van der Waals surface area contributed by atoms with Crippen molar-refractivity contribution in [2.75, 3.05) is 6.61 Å². The summed E-state index contributed by atoms with van der Waals surface area (Å²) < 4.78 is 71.4. The van der Waals surface area contributed by atoms with Crippen molar-refractivity contribution >= 4 is 21.9 Å². The zero-order valence-electron chi connectivity index (χ0n) is 11.2. The van der Waals surface area contributed by atoms with Crippen LogP contribution < -0.4 is 4.74 Å². The summed E-state index contributed by atoms with van der Waals surface area (Å²) in [4.78, 5) is 15.2. The quantitative estimate of drug-likeness (QED) is 0.419. The Kier molecular flexibility index (Phi) is 6.51. The Morgan fingerprint density at radius 2 is 2.05 bits per heavy atom. The maximum atomic E-state index is 13.1. The molecule has 0 unspecified atom stereocenters. The van der Waals surface area contributed by atoms with Gasteiger partial charge in [-0.15, -0.1) is 13.2 Å². The van der Waals surface area contributed by atoms with Gasteiger partial charge >= 0.3 is 12.3 Å². The highest BCUT2D eigenvalue weighted by atomic mass is 79.9. The molecule has 1 aromatic rings. The van der Waals surface area contributed by atoms with Gasteiger partial charge in [-0.2, -0.15) is 0 Å². The number of pyridine rings is 1. The molecule has 124 valence electrons. The van der Waals surface area contributed by atoms with Crippen molar-refractivity contribution in [3.8, 4) is 5.75 Å². The van der Waals surface area contributed by atoms with Crippen LogP contribution in [0.4, 0.5) is 22.0 Å². The fourth-order valence-corrected chi connectivity index (χ4v) is 1.92. The summed E-state index contributed by atoms with van der Waals surface area (Å²) in [5.41, 5.74) is -1.57. The average molecular weight is 392 g/mol. The van der Waals surface area contributed by atoms with Crippen molar-refractivity contribution in [3.63, 3.8) is 0 Å². The lowest BCUT2D eigenvalue weighted by Gasteiger charge is -2.16. The number of halogens is 6. The predicted molar refractivity (Wildman–Crippen MR) is 68.8 cm³/mol. The number of esters is 1. The van der Waals surface area contributed by atoms with Gasteiger partial charge in [0.05, 0.1) is 30.0 Å². The summed E-state index contributed by atoms with van der Waals surface area (Å²) in [5.74, 6) is -1.95. The van der Waals surface area contributed by atoms with E-state index in [0.717, 1.165) is 6.07 Å². The molecule has 0 saturated heterocycles. The van der Waals surface area contributed by atoms with E-state index in [9.17, 15) is 26.7 Å². The zero-order chi connectivity index (χ0) is 16.9. The van der Waals surface area contributed by atoms with Gasteiger partial charge in [0.1, 0.15) is 5.75 Å². The molecule has 1 rings (SSSR count). The normalized spacial score (nSPS) is 11.6. The van der Waals surface area contributed by atoms with E-state index in [1.54, 1.807) is 0 Å². The highest BCUT2D eigenvalue weighted by Crippen LogP contribution is 2.36. The topological polar surface area (TPSA) is 48.4 Å². The second-order valence-corrected chi connectivity index (χ2v) is 4.50. The van der Waals surface area contributed by atoms with Gasteiger partial charge in [-0.3, -0.25) is 9.78 Å². The number of carbonyl (C=O) groups excluding carboxylic acids is 1. The smallest absolute Gasteiger partial charge is 0.466 e. The monoisotopic (exact) mass is 391 g/mol. The third kappa shape index (κ3) is 5.39. The Hall–Kier alpha value is -1.45. The first-order valence-corrected chi connectivity index (χ1v) is 7.08. The molecule has 1 aromatic heterocycles. The Morgan fingerprint density at radius 3 is 2.50 bits per heavy atom. The molecule has 4 nitrogen and oxygen atoms in total. The lowest BCUT2D eigenvalue weighted by Crippen LogP contribution is -2.20. The molecule has 0 aliphatic heterocycles. The van der Waals surface area contributed by atoms with E-state index >= 15 is 0 Å². The maximum absolute atomic E-state index is 13.1. The summed E-state index contributed by atoms with van der Waals surface area (Å²) in [5, 5.41) is 0.000556. The zero-order valence-corrected chi connectivity index (χ0v) is 12.8. The molecular weight excluding hydrogens is 381 g/mol. The van der Waals surface area contributed by atoms with Crippen LogP contribution in [-0.2, 0) is 21.3 Å². The van der Waals surface area contributed by atoms with Crippen LogP contribution in [0.15, 0.2) is 6.07 Å². The van der Waals surface area contributed by atoms with Gasteiger partial charge in [0, 0.05) is 11.4 Å². The van der Waals surface area contributed by atoms with E-state index in [1.807, 2.05) is 0 Å². The van der Waals surface area contributed by atoms with Crippen LogP contribution in [0.25, 0.3) is 0 Å². The van der Waals surface area contributed by atoms with Crippen molar-refractivity contribution in [3.05, 3.63) is 23.0 Å². The third-order valence-electron chi connectivity index (χ3n) is 2.35. The van der Waals surface area contributed by atoms with Crippen LogP contribution in [-0.4, -0.2) is 23.9 Å². The lowest BCUT2D eigenvalue weighted by atomic mass is 10.1. The second-order valence-electron chi connectivity index (χ2n) is 3.94. The Morgan fingerprint density at radius 1 is 1.41 bits per heavy atom. The molecule has 0 bridgehead atoms. The van der Waals surface area contributed by atoms with Gasteiger partial charge in [-0.25, -0.2) is 8.78 Å². The number of hydrogen-bond acceptors (Lipinski definition) is 4.